The molecule has 3 aromatic rings. The lowest BCUT2D eigenvalue weighted by atomic mass is 9.88. The van der Waals surface area contributed by atoms with Gasteiger partial charge in [0.15, 0.2) is 23.0 Å². The Morgan fingerprint density at radius 2 is 2.00 bits per heavy atom. The zero-order valence-corrected chi connectivity index (χ0v) is 17.3. The average molecular weight is 423 g/mol. The Morgan fingerprint density at radius 3 is 2.77 bits per heavy atom. The quantitative estimate of drug-likeness (QED) is 0.558. The summed E-state index contributed by atoms with van der Waals surface area (Å²) in [5, 5.41) is 0. The topological polar surface area (TPSA) is 61.1 Å². The van der Waals surface area contributed by atoms with Crippen LogP contribution >= 0.6 is 0 Å². The van der Waals surface area contributed by atoms with Gasteiger partial charge in [-0.1, -0.05) is 0 Å². The second-order valence-electron chi connectivity index (χ2n) is 7.76. The molecule has 5 rings (SSSR count). The monoisotopic (exact) mass is 423 g/mol. The van der Waals surface area contributed by atoms with Gasteiger partial charge in [0, 0.05) is 30.1 Å². The maximum Gasteiger partial charge on any atom is 0.231 e. The molecule has 0 spiro atoms. The number of rotatable bonds is 5. The summed E-state index contributed by atoms with van der Waals surface area (Å²) in [6, 6.07) is 11.2. The van der Waals surface area contributed by atoms with E-state index in [-0.39, 0.29) is 36.6 Å². The molecule has 6 nitrogen and oxygen atoms in total. The highest BCUT2D eigenvalue weighted by molar-refractivity contribution is 5.94. The van der Waals surface area contributed by atoms with E-state index in [1.807, 2.05) is 13.1 Å². The third-order valence-corrected chi connectivity index (χ3v) is 5.94. The van der Waals surface area contributed by atoms with Crippen LogP contribution in [0.5, 0.6) is 17.2 Å². The van der Waals surface area contributed by atoms with Crippen LogP contribution in [0.4, 0.5) is 4.39 Å². The normalized spacial score (nSPS) is 17.5. The van der Waals surface area contributed by atoms with Crippen molar-refractivity contribution in [1.29, 1.82) is 0 Å². The van der Waals surface area contributed by atoms with Gasteiger partial charge in [-0.25, -0.2) is 4.39 Å². The van der Waals surface area contributed by atoms with Crippen LogP contribution in [0.25, 0.3) is 11.3 Å². The number of Topliss-reactive ketones (excluding diaryl/α,β-unsaturated/α-hetero) is 1. The number of carbonyl (C=O) groups is 1. The van der Waals surface area contributed by atoms with Gasteiger partial charge in [-0.2, -0.15) is 0 Å². The average Bonchev–Trinajstić information content (AvgIpc) is 3.44. The second-order valence-corrected chi connectivity index (χ2v) is 7.76. The van der Waals surface area contributed by atoms with Crippen LogP contribution in [0, 0.1) is 5.82 Å². The van der Waals surface area contributed by atoms with Gasteiger partial charge in [-0.3, -0.25) is 9.69 Å². The zero-order chi connectivity index (χ0) is 21.5. The second kappa shape index (κ2) is 7.74. The van der Waals surface area contributed by atoms with E-state index in [9.17, 15) is 9.18 Å². The number of hydrogen-bond donors (Lipinski definition) is 0. The number of nitrogens with zero attached hydrogens (tertiary/aromatic N) is 1. The van der Waals surface area contributed by atoms with Crippen LogP contribution in [0.3, 0.4) is 0 Å². The molecule has 0 saturated carbocycles. The Labute approximate surface area is 179 Å². The molecule has 2 aliphatic rings. The Balaban J connectivity index is 1.44. The van der Waals surface area contributed by atoms with Crippen molar-refractivity contribution in [3.8, 4) is 28.6 Å². The smallest absolute Gasteiger partial charge is 0.231 e. The molecule has 0 amide bonds. The Bertz CT molecular complexity index is 1140. The summed E-state index contributed by atoms with van der Waals surface area (Å²) in [5.74, 6) is 2.27. The fraction of sp³-hybridized carbons (Fsp3) is 0.292. The number of carbonyl (C=O) groups excluding carboxylic acids is 1. The lowest BCUT2D eigenvalue weighted by Crippen LogP contribution is -2.34. The number of halogens is 1. The van der Waals surface area contributed by atoms with Crippen molar-refractivity contribution in [1.82, 2.24) is 4.90 Å². The van der Waals surface area contributed by atoms with Crippen molar-refractivity contribution >= 4 is 5.78 Å². The number of likely N-dealkylation sites (N-methyl/N-ethyl adjacent to an activating group) is 1. The van der Waals surface area contributed by atoms with Crippen LogP contribution in [-0.4, -0.2) is 38.2 Å². The van der Waals surface area contributed by atoms with Gasteiger partial charge in [-0.05, 0) is 61.5 Å². The molecule has 31 heavy (non-hydrogen) atoms. The summed E-state index contributed by atoms with van der Waals surface area (Å²) >= 11 is 0. The molecule has 2 aliphatic heterocycles. The molecule has 1 atom stereocenters. The van der Waals surface area contributed by atoms with Crippen molar-refractivity contribution < 1.29 is 27.8 Å². The van der Waals surface area contributed by atoms with E-state index in [2.05, 4.69) is 4.90 Å². The summed E-state index contributed by atoms with van der Waals surface area (Å²) in [6.45, 7) is 0.972. The number of methoxy groups -OCH3 is 1. The number of ketones is 1. The molecule has 1 aromatic heterocycles. The van der Waals surface area contributed by atoms with E-state index in [0.29, 0.717) is 23.0 Å². The van der Waals surface area contributed by atoms with Crippen molar-refractivity contribution in [3.63, 3.8) is 0 Å². The molecule has 0 radical (unpaired) electrons. The first-order valence-electron chi connectivity index (χ1n) is 10.1. The van der Waals surface area contributed by atoms with Crippen LogP contribution in [0.15, 0.2) is 46.9 Å². The summed E-state index contributed by atoms with van der Waals surface area (Å²) in [5.41, 5.74) is 2.78. The van der Waals surface area contributed by atoms with Gasteiger partial charge in [0.25, 0.3) is 0 Å². The zero-order valence-electron chi connectivity index (χ0n) is 17.3. The molecular weight excluding hydrogens is 401 g/mol. The van der Waals surface area contributed by atoms with Crippen molar-refractivity contribution in [2.45, 2.75) is 18.9 Å². The lowest BCUT2D eigenvalue weighted by Gasteiger charge is -2.35. The van der Waals surface area contributed by atoms with Gasteiger partial charge in [0.05, 0.1) is 7.11 Å². The largest absolute Gasteiger partial charge is 0.492 e. The number of furan rings is 1. The molecule has 0 unspecified atom stereocenters. The molecule has 7 heteroatoms. The SMILES string of the molecule is COc1c2c(cc3c1[C@@H](CC(=O)c1ccc(-c4ccc(F)cc4)o1)N(C)CC3)OCO2. The highest BCUT2D eigenvalue weighted by Crippen LogP contribution is 2.50. The molecule has 0 N–H and O–H groups in total. The van der Waals surface area contributed by atoms with Gasteiger partial charge < -0.3 is 18.6 Å². The fourth-order valence-electron chi connectivity index (χ4n) is 4.32. The summed E-state index contributed by atoms with van der Waals surface area (Å²) in [6.07, 6.45) is 1.06. The Morgan fingerprint density at radius 1 is 1.19 bits per heavy atom. The van der Waals surface area contributed by atoms with Crippen LogP contribution in [0.2, 0.25) is 0 Å². The van der Waals surface area contributed by atoms with Gasteiger partial charge in [-0.15, -0.1) is 0 Å². The Hall–Kier alpha value is -3.32. The number of fused-ring (bicyclic) bond motifs is 2. The minimum Gasteiger partial charge on any atom is -0.492 e. The molecule has 0 saturated heterocycles. The number of hydrogen-bond acceptors (Lipinski definition) is 6. The lowest BCUT2D eigenvalue weighted by molar-refractivity contribution is 0.0899. The highest BCUT2D eigenvalue weighted by atomic mass is 19.1. The third kappa shape index (κ3) is 3.45. The summed E-state index contributed by atoms with van der Waals surface area (Å²) < 4.78 is 35.9. The highest BCUT2D eigenvalue weighted by Gasteiger charge is 2.35. The molecule has 0 bridgehead atoms. The summed E-state index contributed by atoms with van der Waals surface area (Å²) in [7, 11) is 3.60. The fourth-order valence-corrected chi connectivity index (χ4v) is 4.32. The van der Waals surface area contributed by atoms with Crippen LogP contribution < -0.4 is 14.2 Å². The van der Waals surface area contributed by atoms with Crippen molar-refractivity contribution in [2.75, 3.05) is 27.5 Å². The number of ether oxygens (including phenoxy) is 3. The van der Waals surface area contributed by atoms with Crippen LogP contribution in [-0.2, 0) is 6.42 Å². The van der Waals surface area contributed by atoms with E-state index in [1.165, 1.54) is 12.1 Å². The van der Waals surface area contributed by atoms with Crippen molar-refractivity contribution in [2.24, 2.45) is 0 Å². The Kier molecular flexibility index (Phi) is 4.90. The molecular formula is C24H22FNO5. The first kappa shape index (κ1) is 19.6. The first-order valence-corrected chi connectivity index (χ1v) is 10.1. The minimum absolute atomic E-state index is 0.113. The molecule has 0 fully saturated rings. The maximum absolute atomic E-state index is 13.2. The summed E-state index contributed by atoms with van der Waals surface area (Å²) in [4.78, 5) is 15.3. The maximum atomic E-state index is 13.2. The third-order valence-electron chi connectivity index (χ3n) is 5.94. The van der Waals surface area contributed by atoms with E-state index >= 15 is 0 Å². The molecule has 2 aromatic carbocycles. The van der Waals surface area contributed by atoms with Gasteiger partial charge in [0.2, 0.25) is 12.5 Å². The van der Waals surface area contributed by atoms with Gasteiger partial charge >= 0.3 is 0 Å². The minimum atomic E-state index is -0.319. The first-order chi connectivity index (χ1) is 15.0. The predicted octanol–water partition coefficient (Wildman–Crippen LogP) is 4.63. The van der Waals surface area contributed by atoms with Crippen LogP contribution in [0.1, 0.15) is 34.1 Å². The van der Waals surface area contributed by atoms with Crippen molar-refractivity contribution in [3.05, 3.63) is 65.2 Å². The van der Waals surface area contributed by atoms with E-state index in [4.69, 9.17) is 18.6 Å². The number of benzene rings is 2. The standard InChI is InChI=1S/C24H22FNO5/c1-26-10-9-15-11-21-23(30-13-29-21)24(28-2)22(15)17(26)12-18(27)20-8-7-19(31-20)14-3-5-16(25)6-4-14/h3-8,11,17H,9-10,12-13H2,1-2H3/t17-/m1/s1. The molecule has 3 heterocycles. The van der Waals surface area contributed by atoms with E-state index in [1.54, 1.807) is 31.4 Å². The molecule has 160 valence electrons. The predicted molar refractivity (Wildman–Crippen MR) is 111 cm³/mol. The molecule has 0 aliphatic carbocycles. The van der Waals surface area contributed by atoms with Gasteiger partial charge in [0.1, 0.15) is 11.6 Å². The van der Waals surface area contributed by atoms with E-state index < -0.39 is 0 Å². The van der Waals surface area contributed by atoms with E-state index in [0.717, 1.165) is 29.7 Å².